The monoisotopic (exact) mass is 287 g/mol. The summed E-state index contributed by atoms with van der Waals surface area (Å²) in [4.78, 5) is 4.05. The van der Waals surface area contributed by atoms with Gasteiger partial charge < -0.3 is 5.11 Å². The van der Waals surface area contributed by atoms with Gasteiger partial charge in [-0.05, 0) is 24.3 Å². The van der Waals surface area contributed by atoms with Gasteiger partial charge in [0.1, 0.15) is 5.15 Å². The predicted octanol–water partition coefficient (Wildman–Crippen LogP) is 4.20. The predicted molar refractivity (Wildman–Crippen MR) is 70.6 cm³/mol. The third-order valence-electron chi connectivity index (χ3n) is 2.30. The fraction of sp³-hybridized carbons (Fsp3) is 0.0833. The van der Waals surface area contributed by atoms with Gasteiger partial charge in [0.25, 0.3) is 0 Å². The van der Waals surface area contributed by atoms with Crippen LogP contribution in [0.1, 0.15) is 5.69 Å². The topological polar surface area (TPSA) is 33.1 Å². The summed E-state index contributed by atoms with van der Waals surface area (Å²) in [5.41, 5.74) is 1.80. The van der Waals surface area contributed by atoms with Crippen LogP contribution in [0.15, 0.2) is 30.3 Å². The van der Waals surface area contributed by atoms with Crippen LogP contribution in [0.25, 0.3) is 11.1 Å². The lowest BCUT2D eigenvalue weighted by Gasteiger charge is -2.09. The number of hydrogen-bond acceptors (Lipinski definition) is 2. The Morgan fingerprint density at radius 1 is 1.00 bits per heavy atom. The van der Waals surface area contributed by atoms with Gasteiger partial charge in [0.15, 0.2) is 0 Å². The molecule has 1 N–H and O–H groups in total. The summed E-state index contributed by atoms with van der Waals surface area (Å²) in [6.07, 6.45) is 0. The van der Waals surface area contributed by atoms with E-state index in [1.165, 1.54) is 0 Å². The van der Waals surface area contributed by atoms with Crippen molar-refractivity contribution in [3.63, 3.8) is 0 Å². The molecule has 17 heavy (non-hydrogen) atoms. The van der Waals surface area contributed by atoms with E-state index in [-0.39, 0.29) is 11.8 Å². The molecule has 2 aromatic rings. The molecular weight excluding hydrogens is 280 g/mol. The smallest absolute Gasteiger partial charge is 0.137 e. The van der Waals surface area contributed by atoms with E-state index in [0.29, 0.717) is 26.9 Å². The molecule has 1 aromatic carbocycles. The largest absolute Gasteiger partial charge is 0.390 e. The Bertz CT molecular complexity index is 537. The van der Waals surface area contributed by atoms with Gasteiger partial charge >= 0.3 is 0 Å². The van der Waals surface area contributed by atoms with Gasteiger partial charge in [-0.1, -0.05) is 40.9 Å². The van der Waals surface area contributed by atoms with Gasteiger partial charge in [0.2, 0.25) is 0 Å². The van der Waals surface area contributed by atoms with Crippen LogP contribution >= 0.6 is 34.8 Å². The summed E-state index contributed by atoms with van der Waals surface area (Å²) < 4.78 is 0. The van der Waals surface area contributed by atoms with Gasteiger partial charge in [-0.25, -0.2) is 4.98 Å². The average molecular weight is 289 g/mol. The number of benzene rings is 1. The van der Waals surface area contributed by atoms with Crippen molar-refractivity contribution in [3.8, 4) is 11.1 Å². The maximum atomic E-state index is 8.96. The molecule has 2 rings (SSSR count). The highest BCUT2D eigenvalue weighted by molar-refractivity contribution is 6.40. The number of nitrogens with zero attached hydrogens (tertiary/aromatic N) is 1. The number of halogens is 3. The van der Waals surface area contributed by atoms with Gasteiger partial charge in [-0.3, -0.25) is 0 Å². The van der Waals surface area contributed by atoms with E-state index in [1.807, 2.05) is 0 Å². The normalized spacial score (nSPS) is 10.6. The molecule has 0 aliphatic heterocycles. The van der Waals surface area contributed by atoms with Crippen LogP contribution in [-0.2, 0) is 6.61 Å². The molecule has 88 valence electrons. The second-order valence-corrected chi connectivity index (χ2v) is 4.57. The fourth-order valence-corrected chi connectivity index (χ4v) is 2.37. The maximum absolute atomic E-state index is 8.96. The molecule has 0 amide bonds. The summed E-state index contributed by atoms with van der Waals surface area (Å²) in [6, 6.07) is 8.66. The van der Waals surface area contributed by atoms with Crippen LogP contribution in [0.2, 0.25) is 15.2 Å². The first-order valence-corrected chi connectivity index (χ1v) is 5.97. The van der Waals surface area contributed by atoms with Crippen molar-refractivity contribution < 1.29 is 5.11 Å². The van der Waals surface area contributed by atoms with Gasteiger partial charge in [0.05, 0.1) is 22.3 Å². The first-order valence-electron chi connectivity index (χ1n) is 4.84. The molecule has 0 fully saturated rings. The number of aliphatic hydroxyl groups is 1. The summed E-state index contributed by atoms with van der Waals surface area (Å²) in [7, 11) is 0. The zero-order valence-corrected chi connectivity index (χ0v) is 10.9. The molecule has 0 saturated carbocycles. The SMILES string of the molecule is OCc1ccc(-c2c(Cl)cccc2Cl)c(Cl)n1. The van der Waals surface area contributed by atoms with E-state index >= 15 is 0 Å². The molecule has 0 atom stereocenters. The molecule has 0 saturated heterocycles. The minimum absolute atomic E-state index is 0.156. The van der Waals surface area contributed by atoms with Crippen molar-refractivity contribution in [1.29, 1.82) is 0 Å². The molecule has 0 spiro atoms. The minimum atomic E-state index is -0.156. The van der Waals surface area contributed by atoms with E-state index < -0.39 is 0 Å². The Morgan fingerprint density at radius 2 is 1.65 bits per heavy atom. The fourth-order valence-electron chi connectivity index (χ4n) is 1.50. The zero-order valence-electron chi connectivity index (χ0n) is 8.62. The van der Waals surface area contributed by atoms with Crippen LogP contribution in [0, 0.1) is 0 Å². The lowest BCUT2D eigenvalue weighted by molar-refractivity contribution is 0.277. The van der Waals surface area contributed by atoms with Gasteiger partial charge in [-0.15, -0.1) is 0 Å². The first-order chi connectivity index (χ1) is 8.13. The minimum Gasteiger partial charge on any atom is -0.390 e. The van der Waals surface area contributed by atoms with Crippen LogP contribution in [0.4, 0.5) is 0 Å². The standard InChI is InChI=1S/C12H8Cl3NO/c13-9-2-1-3-10(14)11(9)8-5-4-7(6-17)16-12(8)15/h1-5,17H,6H2. The van der Waals surface area contributed by atoms with E-state index in [4.69, 9.17) is 39.9 Å². The molecule has 0 aliphatic rings. The quantitative estimate of drug-likeness (QED) is 0.840. The van der Waals surface area contributed by atoms with E-state index in [0.717, 1.165) is 0 Å². The number of rotatable bonds is 2. The molecule has 1 aromatic heterocycles. The second-order valence-electron chi connectivity index (χ2n) is 3.40. The number of pyridine rings is 1. The number of aromatic nitrogens is 1. The molecule has 0 bridgehead atoms. The third kappa shape index (κ3) is 2.55. The van der Waals surface area contributed by atoms with Crippen molar-refractivity contribution in [2.75, 3.05) is 0 Å². The summed E-state index contributed by atoms with van der Waals surface area (Å²) in [6.45, 7) is -0.156. The van der Waals surface area contributed by atoms with Crippen LogP contribution in [0.3, 0.4) is 0 Å². The highest BCUT2D eigenvalue weighted by Crippen LogP contribution is 2.37. The van der Waals surface area contributed by atoms with E-state index in [9.17, 15) is 0 Å². The Morgan fingerprint density at radius 3 is 2.18 bits per heavy atom. The second kappa shape index (κ2) is 5.23. The van der Waals surface area contributed by atoms with Crippen LogP contribution in [0.5, 0.6) is 0 Å². The molecule has 0 radical (unpaired) electrons. The molecule has 2 nitrogen and oxygen atoms in total. The van der Waals surface area contributed by atoms with Crippen LogP contribution < -0.4 is 0 Å². The number of hydrogen-bond donors (Lipinski definition) is 1. The molecule has 0 aliphatic carbocycles. The van der Waals surface area contributed by atoms with Crippen molar-refractivity contribution in [3.05, 3.63) is 51.2 Å². The van der Waals surface area contributed by atoms with Gasteiger partial charge in [0, 0.05) is 11.1 Å². The van der Waals surface area contributed by atoms with Crippen LogP contribution in [-0.4, -0.2) is 10.1 Å². The molecular formula is C12H8Cl3NO. The summed E-state index contributed by atoms with van der Waals surface area (Å²) in [5.74, 6) is 0. The Hall–Kier alpha value is -0.800. The highest BCUT2D eigenvalue weighted by Gasteiger charge is 2.12. The van der Waals surface area contributed by atoms with Gasteiger partial charge in [-0.2, -0.15) is 0 Å². The first kappa shape index (κ1) is 12.7. The lowest BCUT2D eigenvalue weighted by atomic mass is 10.1. The molecule has 1 heterocycles. The van der Waals surface area contributed by atoms with Crippen molar-refractivity contribution in [2.24, 2.45) is 0 Å². The highest BCUT2D eigenvalue weighted by atomic mass is 35.5. The summed E-state index contributed by atoms with van der Waals surface area (Å²) >= 11 is 18.2. The third-order valence-corrected chi connectivity index (χ3v) is 3.22. The van der Waals surface area contributed by atoms with Crippen molar-refractivity contribution in [1.82, 2.24) is 4.98 Å². The maximum Gasteiger partial charge on any atom is 0.137 e. The number of aliphatic hydroxyl groups excluding tert-OH is 1. The molecule has 0 unspecified atom stereocenters. The summed E-state index contributed by atoms with van der Waals surface area (Å²) in [5, 5.41) is 10.3. The van der Waals surface area contributed by atoms with E-state index in [1.54, 1.807) is 30.3 Å². The lowest BCUT2D eigenvalue weighted by Crippen LogP contribution is -1.92. The van der Waals surface area contributed by atoms with E-state index in [2.05, 4.69) is 4.98 Å². The van der Waals surface area contributed by atoms with Crippen molar-refractivity contribution in [2.45, 2.75) is 6.61 Å². The Labute approximate surface area is 114 Å². The zero-order chi connectivity index (χ0) is 12.4. The Kier molecular flexibility index (Phi) is 3.89. The molecule has 5 heteroatoms. The van der Waals surface area contributed by atoms with Crippen molar-refractivity contribution >= 4 is 34.8 Å². The average Bonchev–Trinajstić information content (AvgIpc) is 2.30. The Balaban J connectivity index is 2.61.